The monoisotopic (exact) mass is 224 g/mol. The van der Waals surface area contributed by atoms with Crippen LogP contribution in [-0.4, -0.2) is 5.11 Å². The molecule has 1 aliphatic heterocycles. The van der Waals surface area contributed by atoms with Gasteiger partial charge in [-0.15, -0.1) is 0 Å². The zero-order chi connectivity index (χ0) is 11.7. The summed E-state index contributed by atoms with van der Waals surface area (Å²) in [6.07, 6.45) is 1.13. The van der Waals surface area contributed by atoms with E-state index in [1.807, 2.05) is 54.6 Å². The summed E-state index contributed by atoms with van der Waals surface area (Å²) in [5, 5.41) is 10.0. The lowest BCUT2D eigenvalue weighted by molar-refractivity contribution is 0.217. The Bertz CT molecular complexity index is 558. The van der Waals surface area contributed by atoms with E-state index in [1.165, 1.54) is 0 Å². The van der Waals surface area contributed by atoms with Crippen LogP contribution in [0.15, 0.2) is 60.7 Å². The van der Waals surface area contributed by atoms with Crippen molar-refractivity contribution in [3.05, 3.63) is 71.8 Å². The fraction of sp³-hybridized carbons (Fsp3) is 0.0667. The minimum atomic E-state index is -0.602. The van der Waals surface area contributed by atoms with E-state index >= 15 is 0 Å². The first kappa shape index (κ1) is 10.1. The first-order valence-corrected chi connectivity index (χ1v) is 5.57. The summed E-state index contributed by atoms with van der Waals surface area (Å²) in [5.41, 5.74) is 1.79. The molecule has 1 aliphatic rings. The molecule has 0 saturated carbocycles. The van der Waals surface area contributed by atoms with Crippen molar-refractivity contribution in [2.75, 3.05) is 0 Å². The molecule has 17 heavy (non-hydrogen) atoms. The van der Waals surface area contributed by atoms with Gasteiger partial charge < -0.3 is 9.84 Å². The van der Waals surface area contributed by atoms with Gasteiger partial charge in [-0.05, 0) is 12.1 Å². The highest BCUT2D eigenvalue weighted by Gasteiger charge is 2.19. The normalized spacial score (nSPS) is 17.9. The molecule has 0 saturated heterocycles. The Balaban J connectivity index is 2.02. The Labute approximate surface area is 99.8 Å². The highest BCUT2D eigenvalue weighted by Crippen LogP contribution is 2.35. The van der Waals surface area contributed by atoms with Crippen LogP contribution in [0.3, 0.4) is 0 Å². The summed E-state index contributed by atoms with van der Waals surface area (Å²) in [4.78, 5) is 0. The van der Waals surface area contributed by atoms with Gasteiger partial charge in [0.15, 0.2) is 0 Å². The molecule has 2 aromatic carbocycles. The Hall–Kier alpha value is -2.06. The van der Waals surface area contributed by atoms with Crippen LogP contribution in [0.1, 0.15) is 17.2 Å². The molecule has 2 nitrogen and oxygen atoms in total. The third-order valence-electron chi connectivity index (χ3n) is 2.83. The average molecular weight is 224 g/mol. The van der Waals surface area contributed by atoms with Crippen LogP contribution in [-0.2, 0) is 0 Å². The molecule has 1 unspecified atom stereocenters. The third kappa shape index (κ3) is 1.83. The van der Waals surface area contributed by atoms with Crippen LogP contribution >= 0.6 is 0 Å². The lowest BCUT2D eigenvalue weighted by Crippen LogP contribution is -2.08. The van der Waals surface area contributed by atoms with E-state index in [-0.39, 0.29) is 0 Å². The fourth-order valence-electron chi connectivity index (χ4n) is 1.96. The molecular weight excluding hydrogens is 212 g/mol. The van der Waals surface area contributed by atoms with Crippen LogP contribution < -0.4 is 4.74 Å². The Morgan fingerprint density at radius 2 is 1.59 bits per heavy atom. The molecule has 0 amide bonds. The van der Waals surface area contributed by atoms with Crippen molar-refractivity contribution in [3.63, 3.8) is 0 Å². The van der Waals surface area contributed by atoms with Gasteiger partial charge in [-0.2, -0.15) is 0 Å². The molecule has 0 aliphatic carbocycles. The second kappa shape index (κ2) is 4.07. The number of aliphatic hydroxyl groups is 1. The molecule has 1 N–H and O–H groups in total. The second-order valence-electron chi connectivity index (χ2n) is 3.98. The number of aliphatic hydroxyl groups excluding tert-OH is 1. The maximum atomic E-state index is 10.0. The van der Waals surface area contributed by atoms with Gasteiger partial charge in [0.05, 0.1) is 0 Å². The van der Waals surface area contributed by atoms with Gasteiger partial charge in [0.2, 0.25) is 0 Å². The van der Waals surface area contributed by atoms with Gasteiger partial charge in [-0.3, -0.25) is 0 Å². The molecule has 1 heterocycles. The predicted octanol–water partition coefficient (Wildman–Crippen LogP) is 3.15. The summed E-state index contributed by atoms with van der Waals surface area (Å²) in [6.45, 7) is 0. The number of hydrogen-bond donors (Lipinski definition) is 1. The molecule has 84 valence electrons. The maximum Gasteiger partial charge on any atom is 0.133 e. The number of para-hydroxylation sites is 1. The molecule has 2 heteroatoms. The topological polar surface area (TPSA) is 29.5 Å². The van der Waals surface area contributed by atoms with Crippen molar-refractivity contribution in [2.45, 2.75) is 6.10 Å². The summed E-state index contributed by atoms with van der Waals surface area (Å²) in [7, 11) is 0. The molecule has 0 radical (unpaired) electrons. The minimum absolute atomic E-state index is 0.602. The van der Waals surface area contributed by atoms with Gasteiger partial charge in [0.1, 0.15) is 17.6 Å². The first-order valence-electron chi connectivity index (χ1n) is 5.57. The molecule has 0 aromatic heterocycles. The van der Waals surface area contributed by atoms with Gasteiger partial charge in [0, 0.05) is 11.1 Å². The van der Waals surface area contributed by atoms with Crippen LogP contribution in [0, 0.1) is 0 Å². The number of fused-ring (bicyclic) bond motifs is 1. The number of rotatable bonds is 1. The highest BCUT2D eigenvalue weighted by atomic mass is 16.5. The fourth-order valence-corrected chi connectivity index (χ4v) is 1.96. The number of benzene rings is 2. The molecule has 0 spiro atoms. The van der Waals surface area contributed by atoms with Gasteiger partial charge in [-0.1, -0.05) is 48.5 Å². The third-order valence-corrected chi connectivity index (χ3v) is 2.83. The second-order valence-corrected chi connectivity index (χ2v) is 3.98. The summed E-state index contributed by atoms with van der Waals surface area (Å²) < 4.78 is 5.79. The van der Waals surface area contributed by atoms with E-state index in [0.29, 0.717) is 5.76 Å². The summed E-state index contributed by atoms with van der Waals surface area (Å²) in [5.74, 6) is 1.43. The van der Waals surface area contributed by atoms with Crippen LogP contribution in [0.4, 0.5) is 0 Å². The molecule has 1 atom stereocenters. The van der Waals surface area contributed by atoms with E-state index in [2.05, 4.69) is 0 Å². The lowest BCUT2D eigenvalue weighted by Gasteiger charge is -2.21. The highest BCUT2D eigenvalue weighted by molar-refractivity contribution is 5.66. The average Bonchev–Trinajstić information content (AvgIpc) is 2.40. The zero-order valence-electron chi connectivity index (χ0n) is 9.21. The Kier molecular flexibility index (Phi) is 2.42. The quantitative estimate of drug-likeness (QED) is 0.806. The maximum absolute atomic E-state index is 10.0. The SMILES string of the molecule is OC1C=C(c2ccccc2)Oc2ccccc21. The van der Waals surface area contributed by atoms with E-state index in [4.69, 9.17) is 4.74 Å². The van der Waals surface area contributed by atoms with Crippen molar-refractivity contribution in [1.29, 1.82) is 0 Å². The van der Waals surface area contributed by atoms with Crippen LogP contribution in [0.5, 0.6) is 5.75 Å². The van der Waals surface area contributed by atoms with Gasteiger partial charge in [-0.25, -0.2) is 0 Å². The number of hydrogen-bond acceptors (Lipinski definition) is 2. The van der Waals surface area contributed by atoms with Crippen LogP contribution in [0.2, 0.25) is 0 Å². The van der Waals surface area contributed by atoms with Crippen molar-refractivity contribution in [3.8, 4) is 5.75 Å². The van der Waals surface area contributed by atoms with Gasteiger partial charge >= 0.3 is 0 Å². The van der Waals surface area contributed by atoms with Gasteiger partial charge in [0.25, 0.3) is 0 Å². The standard InChI is InChI=1S/C15H12O2/c16-13-10-15(11-6-2-1-3-7-11)17-14-9-5-4-8-12(13)14/h1-10,13,16H. The smallest absolute Gasteiger partial charge is 0.133 e. The number of ether oxygens (including phenoxy) is 1. The van der Waals surface area contributed by atoms with E-state index in [1.54, 1.807) is 6.08 Å². The summed E-state index contributed by atoms with van der Waals surface area (Å²) >= 11 is 0. The molecule has 3 rings (SSSR count). The minimum Gasteiger partial charge on any atom is -0.457 e. The molecule has 0 fully saturated rings. The van der Waals surface area contributed by atoms with Crippen molar-refractivity contribution in [2.24, 2.45) is 0 Å². The van der Waals surface area contributed by atoms with E-state index < -0.39 is 6.10 Å². The summed E-state index contributed by atoms with van der Waals surface area (Å²) in [6, 6.07) is 17.3. The first-order chi connectivity index (χ1) is 8.34. The van der Waals surface area contributed by atoms with Crippen molar-refractivity contribution in [1.82, 2.24) is 0 Å². The van der Waals surface area contributed by atoms with Crippen molar-refractivity contribution >= 4 is 5.76 Å². The van der Waals surface area contributed by atoms with Crippen molar-refractivity contribution < 1.29 is 9.84 Å². The van der Waals surface area contributed by atoms with E-state index in [0.717, 1.165) is 16.9 Å². The zero-order valence-corrected chi connectivity index (χ0v) is 9.21. The molecule has 2 aromatic rings. The predicted molar refractivity (Wildman–Crippen MR) is 66.4 cm³/mol. The largest absolute Gasteiger partial charge is 0.457 e. The molecule has 0 bridgehead atoms. The van der Waals surface area contributed by atoms with Crippen LogP contribution in [0.25, 0.3) is 5.76 Å². The Morgan fingerprint density at radius 3 is 2.41 bits per heavy atom. The Morgan fingerprint density at radius 1 is 0.882 bits per heavy atom. The van der Waals surface area contributed by atoms with E-state index in [9.17, 15) is 5.11 Å². The molecular formula is C15H12O2. The lowest BCUT2D eigenvalue weighted by atomic mass is 10.0.